The summed E-state index contributed by atoms with van der Waals surface area (Å²) >= 11 is 9.18. The molecule has 21 heavy (non-hydrogen) atoms. The van der Waals surface area contributed by atoms with Gasteiger partial charge in [0.15, 0.2) is 0 Å². The maximum absolute atomic E-state index is 13.3. The van der Waals surface area contributed by atoms with Gasteiger partial charge in [0.1, 0.15) is 10.7 Å². The van der Waals surface area contributed by atoms with E-state index in [9.17, 15) is 12.8 Å². The van der Waals surface area contributed by atoms with E-state index in [1.54, 1.807) is 0 Å². The lowest BCUT2D eigenvalue weighted by Crippen LogP contribution is -2.26. The van der Waals surface area contributed by atoms with Gasteiger partial charge in [-0.2, -0.15) is 4.31 Å². The monoisotopic (exact) mass is 391 g/mol. The van der Waals surface area contributed by atoms with Gasteiger partial charge in [0.2, 0.25) is 10.0 Å². The molecule has 0 aliphatic rings. The van der Waals surface area contributed by atoms with Crippen LogP contribution in [-0.4, -0.2) is 19.8 Å². The molecule has 2 rings (SSSR count). The first kappa shape index (κ1) is 16.4. The van der Waals surface area contributed by atoms with E-state index in [0.29, 0.717) is 0 Å². The minimum absolute atomic E-state index is 0.000874. The normalized spacial score (nSPS) is 11.9. The molecule has 0 heterocycles. The van der Waals surface area contributed by atoms with E-state index >= 15 is 0 Å². The second kappa shape index (κ2) is 6.44. The minimum atomic E-state index is -3.85. The highest BCUT2D eigenvalue weighted by Gasteiger charge is 2.24. The van der Waals surface area contributed by atoms with Crippen LogP contribution in [0.4, 0.5) is 4.39 Å². The molecule has 2 aromatic carbocycles. The molecule has 3 nitrogen and oxygen atoms in total. The molecular formula is C14H12BrClFNO2S. The summed E-state index contributed by atoms with van der Waals surface area (Å²) in [7, 11) is -2.42. The molecule has 0 amide bonds. The zero-order valence-electron chi connectivity index (χ0n) is 11.1. The van der Waals surface area contributed by atoms with Gasteiger partial charge in [0.05, 0.1) is 5.02 Å². The van der Waals surface area contributed by atoms with Crippen LogP contribution in [0.25, 0.3) is 0 Å². The molecule has 0 fully saturated rings. The summed E-state index contributed by atoms with van der Waals surface area (Å²) in [6, 6.07) is 10.5. The Morgan fingerprint density at radius 3 is 2.43 bits per heavy atom. The highest BCUT2D eigenvalue weighted by atomic mass is 79.9. The lowest BCUT2D eigenvalue weighted by molar-refractivity contribution is 0.466. The molecule has 0 spiro atoms. The lowest BCUT2D eigenvalue weighted by atomic mass is 10.2. The van der Waals surface area contributed by atoms with E-state index in [4.69, 9.17) is 11.6 Å². The van der Waals surface area contributed by atoms with Crippen LogP contribution < -0.4 is 0 Å². The van der Waals surface area contributed by atoms with Crippen molar-refractivity contribution in [2.45, 2.75) is 11.4 Å². The molecule has 0 aliphatic heterocycles. The number of halogens is 3. The van der Waals surface area contributed by atoms with E-state index in [-0.39, 0.29) is 16.5 Å². The Morgan fingerprint density at radius 1 is 1.19 bits per heavy atom. The van der Waals surface area contributed by atoms with E-state index in [0.717, 1.165) is 26.5 Å². The Hall–Kier alpha value is -0.950. The Morgan fingerprint density at radius 2 is 1.81 bits per heavy atom. The van der Waals surface area contributed by atoms with Crippen LogP contribution in [0, 0.1) is 5.82 Å². The minimum Gasteiger partial charge on any atom is -0.207 e. The van der Waals surface area contributed by atoms with Crippen molar-refractivity contribution in [3.05, 3.63) is 63.3 Å². The van der Waals surface area contributed by atoms with E-state index in [1.165, 1.54) is 13.1 Å². The van der Waals surface area contributed by atoms with Crippen molar-refractivity contribution in [1.82, 2.24) is 4.31 Å². The summed E-state index contributed by atoms with van der Waals surface area (Å²) in [6.45, 7) is 0.169. The molecule has 0 saturated carbocycles. The van der Waals surface area contributed by atoms with Crippen molar-refractivity contribution < 1.29 is 12.8 Å². The number of hydrogen-bond acceptors (Lipinski definition) is 2. The molecule has 7 heteroatoms. The van der Waals surface area contributed by atoms with Gasteiger partial charge in [0.25, 0.3) is 0 Å². The van der Waals surface area contributed by atoms with Crippen LogP contribution in [0.15, 0.2) is 51.8 Å². The topological polar surface area (TPSA) is 37.4 Å². The summed E-state index contributed by atoms with van der Waals surface area (Å²) in [4.78, 5) is -0.233. The Labute approximate surface area is 136 Å². The summed E-state index contributed by atoms with van der Waals surface area (Å²) < 4.78 is 40.2. The molecule has 0 unspecified atom stereocenters. The van der Waals surface area contributed by atoms with Gasteiger partial charge >= 0.3 is 0 Å². The van der Waals surface area contributed by atoms with Crippen molar-refractivity contribution in [3.63, 3.8) is 0 Å². The third kappa shape index (κ3) is 3.83. The van der Waals surface area contributed by atoms with Crippen molar-refractivity contribution in [2.24, 2.45) is 0 Å². The van der Waals surface area contributed by atoms with Crippen molar-refractivity contribution in [2.75, 3.05) is 7.05 Å². The van der Waals surface area contributed by atoms with Crippen molar-refractivity contribution in [3.8, 4) is 0 Å². The summed E-state index contributed by atoms with van der Waals surface area (Å²) in [5.74, 6) is -0.644. The van der Waals surface area contributed by atoms with Crippen LogP contribution in [0.3, 0.4) is 0 Å². The van der Waals surface area contributed by atoms with Gasteiger partial charge in [-0.15, -0.1) is 0 Å². The van der Waals surface area contributed by atoms with Gasteiger partial charge < -0.3 is 0 Å². The highest BCUT2D eigenvalue weighted by molar-refractivity contribution is 9.10. The summed E-state index contributed by atoms with van der Waals surface area (Å²) in [5.41, 5.74) is 0.816. The maximum atomic E-state index is 13.3. The molecule has 0 aliphatic carbocycles. The zero-order valence-corrected chi connectivity index (χ0v) is 14.2. The van der Waals surface area contributed by atoms with Crippen LogP contribution in [0.1, 0.15) is 5.56 Å². The molecule has 0 radical (unpaired) electrons. The molecular weight excluding hydrogens is 381 g/mol. The largest absolute Gasteiger partial charge is 0.244 e. The standard InChI is InChI=1S/C14H12BrClFNO2S/c1-18(9-10-2-4-11(15)5-3-10)21(19,20)14-8-12(17)6-7-13(14)16/h2-8H,9H2,1H3. The zero-order chi connectivity index (χ0) is 15.6. The van der Waals surface area contributed by atoms with Gasteiger partial charge in [0, 0.05) is 18.1 Å². The SMILES string of the molecule is CN(Cc1ccc(Br)cc1)S(=O)(=O)c1cc(F)ccc1Cl. The van der Waals surface area contributed by atoms with Gasteiger partial charge in [-0.25, -0.2) is 12.8 Å². The van der Waals surface area contributed by atoms with Crippen LogP contribution in [-0.2, 0) is 16.6 Å². The maximum Gasteiger partial charge on any atom is 0.244 e. The fourth-order valence-corrected chi connectivity index (χ4v) is 3.68. The third-order valence-electron chi connectivity index (χ3n) is 2.90. The van der Waals surface area contributed by atoms with Gasteiger partial charge in [-0.3, -0.25) is 0 Å². The van der Waals surface area contributed by atoms with Gasteiger partial charge in [-0.1, -0.05) is 39.7 Å². The molecule has 0 bridgehead atoms. The Kier molecular flexibility index (Phi) is 5.03. The van der Waals surface area contributed by atoms with E-state index in [2.05, 4.69) is 15.9 Å². The molecule has 2 aromatic rings. The van der Waals surface area contributed by atoms with Crippen LogP contribution in [0.5, 0.6) is 0 Å². The predicted octanol–water partition coefficient (Wildman–Crippen LogP) is 4.06. The van der Waals surface area contributed by atoms with E-state index < -0.39 is 15.8 Å². The van der Waals surface area contributed by atoms with Crippen molar-refractivity contribution in [1.29, 1.82) is 0 Å². The lowest BCUT2D eigenvalue weighted by Gasteiger charge is -2.18. The third-order valence-corrected chi connectivity index (χ3v) is 5.71. The number of sulfonamides is 1. The Balaban J connectivity index is 2.30. The number of nitrogens with zero attached hydrogens (tertiary/aromatic N) is 1. The fourth-order valence-electron chi connectivity index (χ4n) is 1.77. The fraction of sp³-hybridized carbons (Fsp3) is 0.143. The highest BCUT2D eigenvalue weighted by Crippen LogP contribution is 2.25. The number of rotatable bonds is 4. The first-order valence-electron chi connectivity index (χ1n) is 5.96. The van der Waals surface area contributed by atoms with Gasteiger partial charge in [-0.05, 0) is 35.9 Å². The smallest absolute Gasteiger partial charge is 0.207 e. The number of hydrogen-bond donors (Lipinski definition) is 0. The average Bonchev–Trinajstić information content (AvgIpc) is 2.43. The first-order valence-corrected chi connectivity index (χ1v) is 8.57. The van der Waals surface area contributed by atoms with E-state index in [1.807, 2.05) is 24.3 Å². The predicted molar refractivity (Wildman–Crippen MR) is 84.2 cm³/mol. The van der Waals surface area contributed by atoms with Crippen LogP contribution in [0.2, 0.25) is 5.02 Å². The second-order valence-electron chi connectivity index (χ2n) is 4.46. The van der Waals surface area contributed by atoms with Crippen molar-refractivity contribution >= 4 is 37.6 Å². The van der Waals surface area contributed by atoms with Crippen LogP contribution >= 0.6 is 27.5 Å². The first-order chi connectivity index (χ1) is 9.80. The average molecular weight is 393 g/mol. The molecule has 0 atom stereocenters. The summed E-state index contributed by atoms with van der Waals surface area (Å²) in [5, 5.41) is -0.000874. The number of benzene rings is 2. The Bertz CT molecular complexity index is 750. The molecule has 0 saturated heterocycles. The second-order valence-corrected chi connectivity index (χ2v) is 7.80. The molecule has 112 valence electrons. The molecule has 0 N–H and O–H groups in total. The quantitative estimate of drug-likeness (QED) is 0.787. The summed E-state index contributed by atoms with van der Waals surface area (Å²) in [6.07, 6.45) is 0. The molecule has 0 aromatic heterocycles.